The zero-order valence-corrected chi connectivity index (χ0v) is 17.2. The molecule has 1 aliphatic rings. The predicted molar refractivity (Wildman–Crippen MR) is 90.8 cm³/mol. The Balaban J connectivity index is 2.99. The highest BCUT2D eigenvalue weighted by molar-refractivity contribution is 6.74. The van der Waals surface area contributed by atoms with Crippen molar-refractivity contribution in [2.24, 2.45) is 0 Å². The SMILES string of the molecule is CC(=O)O[C@@H]1[C@@H](NC(=O)C(F)(F)F)C[C@@H](O[Si](C)(C)C(C)(C)C)O[C@H]1C. The summed E-state index contributed by atoms with van der Waals surface area (Å²) in [4.78, 5) is 22.7. The summed E-state index contributed by atoms with van der Waals surface area (Å²) in [6.45, 7) is 12.8. The van der Waals surface area contributed by atoms with Crippen LogP contribution in [-0.2, 0) is 23.5 Å². The van der Waals surface area contributed by atoms with E-state index in [9.17, 15) is 22.8 Å². The van der Waals surface area contributed by atoms with Crippen molar-refractivity contribution >= 4 is 20.2 Å². The van der Waals surface area contributed by atoms with Gasteiger partial charge in [-0.15, -0.1) is 0 Å². The van der Waals surface area contributed by atoms with Crippen molar-refractivity contribution in [2.45, 2.75) is 89.9 Å². The first-order valence-electron chi connectivity index (χ1n) is 8.43. The lowest BCUT2D eigenvalue weighted by Crippen LogP contribution is -2.60. The fourth-order valence-electron chi connectivity index (χ4n) is 2.38. The van der Waals surface area contributed by atoms with Gasteiger partial charge in [-0.05, 0) is 25.1 Å². The molecule has 152 valence electrons. The molecule has 0 saturated carbocycles. The van der Waals surface area contributed by atoms with Crippen molar-refractivity contribution in [2.75, 3.05) is 0 Å². The van der Waals surface area contributed by atoms with Gasteiger partial charge in [0.25, 0.3) is 0 Å². The van der Waals surface area contributed by atoms with Crippen molar-refractivity contribution in [1.82, 2.24) is 5.32 Å². The summed E-state index contributed by atoms with van der Waals surface area (Å²) >= 11 is 0. The summed E-state index contributed by atoms with van der Waals surface area (Å²) in [5.74, 6) is -2.75. The van der Waals surface area contributed by atoms with Gasteiger partial charge in [-0.1, -0.05) is 20.8 Å². The van der Waals surface area contributed by atoms with Gasteiger partial charge in [0.2, 0.25) is 0 Å². The van der Waals surface area contributed by atoms with Crippen LogP contribution in [0, 0.1) is 0 Å². The third-order valence-corrected chi connectivity index (χ3v) is 9.24. The van der Waals surface area contributed by atoms with Crippen LogP contribution >= 0.6 is 0 Å². The average molecular weight is 399 g/mol. The average Bonchev–Trinajstić information content (AvgIpc) is 2.39. The Morgan fingerprint density at radius 1 is 1.19 bits per heavy atom. The number of alkyl halides is 3. The number of carbonyl (C=O) groups is 2. The summed E-state index contributed by atoms with van der Waals surface area (Å²) in [5.41, 5.74) is 0. The second-order valence-corrected chi connectivity index (χ2v) is 12.8. The second-order valence-electron chi connectivity index (χ2n) is 8.04. The molecule has 1 fully saturated rings. The highest BCUT2D eigenvalue weighted by atomic mass is 28.4. The van der Waals surface area contributed by atoms with Crippen molar-refractivity contribution in [3.05, 3.63) is 0 Å². The van der Waals surface area contributed by atoms with E-state index in [4.69, 9.17) is 13.9 Å². The molecule has 1 heterocycles. The fraction of sp³-hybridized carbons (Fsp3) is 0.875. The van der Waals surface area contributed by atoms with Gasteiger partial charge < -0.3 is 19.2 Å². The molecule has 0 aromatic rings. The molecule has 1 rings (SSSR count). The molecule has 0 aromatic carbocycles. The second kappa shape index (κ2) is 7.85. The number of carbonyl (C=O) groups excluding carboxylic acids is 2. The molecule has 6 nitrogen and oxygen atoms in total. The highest BCUT2D eigenvalue weighted by Crippen LogP contribution is 2.39. The lowest BCUT2D eigenvalue weighted by Gasteiger charge is -2.45. The molecule has 4 atom stereocenters. The van der Waals surface area contributed by atoms with Crippen LogP contribution in [0.15, 0.2) is 0 Å². The third kappa shape index (κ3) is 5.95. The van der Waals surface area contributed by atoms with E-state index in [2.05, 4.69) is 0 Å². The van der Waals surface area contributed by atoms with Gasteiger partial charge in [0.1, 0.15) is 12.4 Å². The number of amides is 1. The Hall–Kier alpha value is -1.13. The van der Waals surface area contributed by atoms with Gasteiger partial charge >= 0.3 is 18.1 Å². The number of ether oxygens (including phenoxy) is 2. The first kappa shape index (κ1) is 22.9. The molecule has 1 N–H and O–H groups in total. The minimum Gasteiger partial charge on any atom is -0.458 e. The van der Waals surface area contributed by atoms with Crippen LogP contribution in [0.4, 0.5) is 13.2 Å². The van der Waals surface area contributed by atoms with Gasteiger partial charge in [-0.2, -0.15) is 13.2 Å². The zero-order chi connectivity index (χ0) is 20.5. The first-order valence-corrected chi connectivity index (χ1v) is 11.3. The molecule has 0 radical (unpaired) electrons. The number of nitrogens with one attached hydrogen (secondary N) is 1. The van der Waals surface area contributed by atoms with Crippen LogP contribution in [0.2, 0.25) is 18.1 Å². The van der Waals surface area contributed by atoms with Crippen LogP contribution in [-0.4, -0.2) is 50.9 Å². The Labute approximate surface area is 152 Å². The molecule has 1 saturated heterocycles. The maximum Gasteiger partial charge on any atom is 0.471 e. The summed E-state index contributed by atoms with van der Waals surface area (Å²) in [6.07, 6.45) is -7.63. The van der Waals surface area contributed by atoms with Crippen LogP contribution in [0.3, 0.4) is 0 Å². The molecular formula is C16H28F3NO5Si. The summed E-state index contributed by atoms with van der Waals surface area (Å²) in [5, 5.41) is 1.79. The van der Waals surface area contributed by atoms with Crippen molar-refractivity contribution in [1.29, 1.82) is 0 Å². The molecule has 0 aliphatic carbocycles. The number of esters is 1. The summed E-state index contributed by atoms with van der Waals surface area (Å²) < 4.78 is 54.8. The zero-order valence-electron chi connectivity index (χ0n) is 16.2. The van der Waals surface area contributed by atoms with E-state index in [-0.39, 0.29) is 11.5 Å². The Kier molecular flexibility index (Phi) is 6.92. The monoisotopic (exact) mass is 399 g/mol. The topological polar surface area (TPSA) is 73.9 Å². The third-order valence-electron chi connectivity index (χ3n) is 4.78. The minimum absolute atomic E-state index is 0.0450. The number of hydrogen-bond acceptors (Lipinski definition) is 5. The van der Waals surface area contributed by atoms with E-state index in [1.54, 1.807) is 6.92 Å². The molecule has 1 amide bonds. The maximum absolute atomic E-state index is 12.6. The van der Waals surface area contributed by atoms with Crippen LogP contribution < -0.4 is 5.32 Å². The number of rotatable bonds is 4. The summed E-state index contributed by atoms with van der Waals surface area (Å²) in [7, 11) is -2.25. The van der Waals surface area contributed by atoms with Crippen LogP contribution in [0.5, 0.6) is 0 Å². The van der Waals surface area contributed by atoms with Gasteiger partial charge in [0, 0.05) is 13.3 Å². The molecular weight excluding hydrogens is 371 g/mol. The lowest BCUT2D eigenvalue weighted by atomic mass is 9.99. The number of halogens is 3. The van der Waals surface area contributed by atoms with Gasteiger partial charge in [0.05, 0.1) is 12.1 Å². The largest absolute Gasteiger partial charge is 0.471 e. The fourth-order valence-corrected chi connectivity index (χ4v) is 3.55. The Morgan fingerprint density at radius 2 is 1.73 bits per heavy atom. The van der Waals surface area contributed by atoms with Crippen LogP contribution in [0.1, 0.15) is 41.0 Å². The van der Waals surface area contributed by atoms with E-state index in [0.29, 0.717) is 0 Å². The molecule has 26 heavy (non-hydrogen) atoms. The van der Waals surface area contributed by atoms with E-state index in [1.807, 2.05) is 39.2 Å². The Morgan fingerprint density at radius 3 is 2.15 bits per heavy atom. The van der Waals surface area contributed by atoms with Gasteiger partial charge in [-0.3, -0.25) is 9.59 Å². The molecule has 0 bridgehead atoms. The van der Waals surface area contributed by atoms with E-state index >= 15 is 0 Å². The highest BCUT2D eigenvalue weighted by Gasteiger charge is 2.47. The molecule has 0 unspecified atom stereocenters. The number of hydrogen-bond donors (Lipinski definition) is 1. The standard InChI is InChI=1S/C16H28F3NO5Si/c1-9-13(24-10(2)21)11(20-14(22)16(17,18)19)8-12(23-9)25-26(6,7)15(3,4)5/h9,11-13H,8H2,1-7H3,(H,20,22)/t9-,11-,12+,13-/m0/s1. The molecule has 0 spiro atoms. The van der Waals surface area contributed by atoms with Crippen molar-refractivity contribution in [3.8, 4) is 0 Å². The molecule has 10 heteroatoms. The molecule has 1 aliphatic heterocycles. The van der Waals surface area contributed by atoms with Crippen LogP contribution in [0.25, 0.3) is 0 Å². The van der Waals surface area contributed by atoms with E-state index < -0.39 is 50.9 Å². The smallest absolute Gasteiger partial charge is 0.458 e. The predicted octanol–water partition coefficient (Wildman–Crippen LogP) is 3.12. The van der Waals surface area contributed by atoms with Gasteiger partial charge in [0.15, 0.2) is 8.32 Å². The Bertz CT molecular complexity index is 533. The first-order chi connectivity index (χ1) is 11.5. The van der Waals surface area contributed by atoms with Gasteiger partial charge in [-0.25, -0.2) is 0 Å². The van der Waals surface area contributed by atoms with E-state index in [1.165, 1.54) is 0 Å². The maximum atomic E-state index is 12.6. The molecule has 0 aromatic heterocycles. The van der Waals surface area contributed by atoms with Crippen molar-refractivity contribution < 1.29 is 36.7 Å². The van der Waals surface area contributed by atoms with E-state index in [0.717, 1.165) is 6.92 Å². The van der Waals surface area contributed by atoms with Crippen molar-refractivity contribution in [3.63, 3.8) is 0 Å². The summed E-state index contributed by atoms with van der Waals surface area (Å²) in [6, 6.07) is -1.06. The quantitative estimate of drug-likeness (QED) is 0.581. The normalized spacial score (nSPS) is 27.8. The minimum atomic E-state index is -5.03. The lowest BCUT2D eigenvalue weighted by molar-refractivity contribution is -0.212.